The zero-order valence-electron chi connectivity index (χ0n) is 32.3. The minimum atomic E-state index is -1.04. The summed E-state index contributed by atoms with van der Waals surface area (Å²) in [6.07, 6.45) is 9.39. The smallest absolute Gasteiger partial charge is 0.412 e. The molecule has 2 atom stereocenters. The molecule has 10 heteroatoms. The first-order chi connectivity index (χ1) is 24.3. The highest BCUT2D eigenvalue weighted by Crippen LogP contribution is 2.29. The first-order valence-electron chi connectivity index (χ1n) is 19.0. The summed E-state index contributed by atoms with van der Waals surface area (Å²) in [5.41, 5.74) is 8.99. The number of amides is 4. The van der Waals surface area contributed by atoms with E-state index in [0.717, 1.165) is 73.6 Å². The maximum absolute atomic E-state index is 14.6. The van der Waals surface area contributed by atoms with Crippen LogP contribution < -0.4 is 21.1 Å². The number of alkyl carbamates (subject to hydrolysis) is 1. The predicted molar refractivity (Wildman–Crippen MR) is 204 cm³/mol. The highest BCUT2D eigenvalue weighted by Gasteiger charge is 2.33. The quantitative estimate of drug-likeness (QED) is 0.107. The Balaban J connectivity index is 2.61. The number of nitrogens with one attached hydrogen (secondary N) is 2. The normalized spacial score (nSPS) is 12.5. The van der Waals surface area contributed by atoms with Crippen LogP contribution in [0.3, 0.4) is 0 Å². The van der Waals surface area contributed by atoms with Crippen molar-refractivity contribution in [1.82, 2.24) is 15.5 Å². The minimum Gasteiger partial charge on any atom is -0.444 e. The van der Waals surface area contributed by atoms with Crippen LogP contribution in [-0.2, 0) is 40.0 Å². The summed E-state index contributed by atoms with van der Waals surface area (Å²) in [5, 5.41) is 5.70. The van der Waals surface area contributed by atoms with Gasteiger partial charge in [-0.1, -0.05) is 83.2 Å². The largest absolute Gasteiger partial charge is 0.444 e. The van der Waals surface area contributed by atoms with E-state index in [1.165, 1.54) is 4.90 Å². The monoisotopic (exact) mass is 708 g/mol. The number of benzene rings is 2. The Hall–Kier alpha value is -4.08. The lowest BCUT2D eigenvalue weighted by molar-refractivity contribution is -0.140. The van der Waals surface area contributed by atoms with Gasteiger partial charge in [0.05, 0.1) is 0 Å². The summed E-state index contributed by atoms with van der Waals surface area (Å²) in [4.78, 5) is 54.6. The van der Waals surface area contributed by atoms with Crippen LogP contribution >= 0.6 is 0 Å². The number of carbonyl (C=O) groups is 4. The molecule has 0 heterocycles. The highest BCUT2D eigenvalue weighted by molar-refractivity contribution is 5.91. The zero-order chi connectivity index (χ0) is 37.8. The van der Waals surface area contributed by atoms with Gasteiger partial charge in [0.2, 0.25) is 11.8 Å². The second-order valence-corrected chi connectivity index (χ2v) is 14.4. The van der Waals surface area contributed by atoms with E-state index in [2.05, 4.69) is 31.4 Å². The number of rotatable bonds is 22. The van der Waals surface area contributed by atoms with E-state index < -0.39 is 41.7 Å². The molecule has 0 aromatic heterocycles. The molecule has 51 heavy (non-hydrogen) atoms. The fourth-order valence-corrected chi connectivity index (χ4v) is 5.97. The average Bonchev–Trinajstić information content (AvgIpc) is 3.07. The van der Waals surface area contributed by atoms with E-state index in [4.69, 9.17) is 15.2 Å². The van der Waals surface area contributed by atoms with Crippen LogP contribution in [-0.4, -0.2) is 59.7 Å². The summed E-state index contributed by atoms with van der Waals surface area (Å²) < 4.78 is 11.4. The fourth-order valence-electron chi connectivity index (χ4n) is 5.97. The summed E-state index contributed by atoms with van der Waals surface area (Å²) in [5.74, 6) is -0.577. The van der Waals surface area contributed by atoms with E-state index in [1.54, 1.807) is 27.7 Å². The topological polar surface area (TPSA) is 140 Å². The van der Waals surface area contributed by atoms with Crippen LogP contribution in [0.1, 0.15) is 129 Å². The molecule has 2 rings (SSSR count). The summed E-state index contributed by atoms with van der Waals surface area (Å²) in [6, 6.07) is 11.8. The number of nitrogens with zero attached hydrogens (tertiary/aromatic N) is 1. The SMILES string of the molecule is CCCCCc1cc(OC(=O)NCCCC)cc(CCCCC)c1C[C@@H](NC(=O)OC(C)(C)C)C(=O)N(CCCc1ccccc1)[C@H](C)C(N)=O. The van der Waals surface area contributed by atoms with Gasteiger partial charge in [-0.2, -0.15) is 0 Å². The molecule has 0 unspecified atom stereocenters. The molecule has 284 valence electrons. The third-order valence-corrected chi connectivity index (χ3v) is 8.78. The van der Waals surface area contributed by atoms with Crippen molar-refractivity contribution in [3.05, 3.63) is 64.7 Å². The van der Waals surface area contributed by atoms with Crippen molar-refractivity contribution in [3.63, 3.8) is 0 Å². The number of hydrogen-bond donors (Lipinski definition) is 3. The summed E-state index contributed by atoms with van der Waals surface area (Å²) >= 11 is 0. The van der Waals surface area contributed by atoms with Crippen molar-refractivity contribution >= 4 is 24.0 Å². The Morgan fingerprint density at radius 1 is 0.804 bits per heavy atom. The van der Waals surface area contributed by atoms with Crippen molar-refractivity contribution < 1.29 is 28.7 Å². The van der Waals surface area contributed by atoms with Crippen LogP contribution in [0.5, 0.6) is 5.75 Å². The molecule has 0 radical (unpaired) electrons. The van der Waals surface area contributed by atoms with Crippen LogP contribution in [0.25, 0.3) is 0 Å². The lowest BCUT2D eigenvalue weighted by Gasteiger charge is -2.32. The highest BCUT2D eigenvalue weighted by atomic mass is 16.6. The maximum atomic E-state index is 14.6. The second kappa shape index (κ2) is 22.7. The Morgan fingerprint density at radius 2 is 1.39 bits per heavy atom. The van der Waals surface area contributed by atoms with Gasteiger partial charge in [0.25, 0.3) is 0 Å². The van der Waals surface area contributed by atoms with Gasteiger partial charge in [0.1, 0.15) is 23.4 Å². The van der Waals surface area contributed by atoms with E-state index in [9.17, 15) is 19.2 Å². The van der Waals surface area contributed by atoms with Crippen LogP contribution in [0.2, 0.25) is 0 Å². The lowest BCUT2D eigenvalue weighted by atomic mass is 9.89. The zero-order valence-corrected chi connectivity index (χ0v) is 32.3. The molecule has 0 aliphatic rings. The lowest BCUT2D eigenvalue weighted by Crippen LogP contribution is -2.55. The number of hydrogen-bond acceptors (Lipinski definition) is 6. The molecule has 10 nitrogen and oxygen atoms in total. The molecule has 0 spiro atoms. The standard InChI is InChI=1S/C41H64N4O6/c1-8-11-15-23-32-27-34(50-39(48)43-25-13-10-3)28-33(24-16-12-9-2)35(32)29-36(44-40(49)51-41(5,6)7)38(47)45(30(4)37(42)46)26-19-22-31-20-17-14-18-21-31/h14,17-18,20-21,27-28,30,36H,8-13,15-16,19,22-26,29H2,1-7H3,(H2,42,46)(H,43,48)(H,44,49)/t30-,36-/m1/s1. The third kappa shape index (κ3) is 16.2. The summed E-state index contributed by atoms with van der Waals surface area (Å²) in [7, 11) is 0. The maximum Gasteiger partial charge on any atom is 0.412 e. The molecule has 0 saturated carbocycles. The molecule has 0 aliphatic heterocycles. The number of unbranched alkanes of at least 4 members (excludes halogenated alkanes) is 5. The van der Waals surface area contributed by atoms with Crippen molar-refractivity contribution in [2.45, 2.75) is 150 Å². The molecule has 4 amide bonds. The van der Waals surface area contributed by atoms with Gasteiger partial charge in [-0.3, -0.25) is 9.59 Å². The Kier molecular flexibility index (Phi) is 19.2. The van der Waals surface area contributed by atoms with E-state index >= 15 is 0 Å². The van der Waals surface area contributed by atoms with Crippen LogP contribution in [0.15, 0.2) is 42.5 Å². The Bertz CT molecular complexity index is 1340. The Morgan fingerprint density at radius 3 is 1.92 bits per heavy atom. The molecule has 0 fully saturated rings. The van der Waals surface area contributed by atoms with Gasteiger partial charge in [-0.15, -0.1) is 0 Å². The van der Waals surface area contributed by atoms with E-state index in [-0.39, 0.29) is 13.0 Å². The van der Waals surface area contributed by atoms with Crippen LogP contribution in [0.4, 0.5) is 9.59 Å². The average molecular weight is 709 g/mol. The van der Waals surface area contributed by atoms with Crippen molar-refractivity contribution in [2.24, 2.45) is 5.73 Å². The minimum absolute atomic E-state index is 0.171. The summed E-state index contributed by atoms with van der Waals surface area (Å²) in [6.45, 7) is 14.1. The van der Waals surface area contributed by atoms with Gasteiger partial charge >= 0.3 is 12.2 Å². The third-order valence-electron chi connectivity index (χ3n) is 8.78. The molecule has 0 aliphatic carbocycles. The molecule has 0 saturated heterocycles. The second-order valence-electron chi connectivity index (χ2n) is 14.4. The van der Waals surface area contributed by atoms with Crippen molar-refractivity contribution in [2.75, 3.05) is 13.1 Å². The number of aryl methyl sites for hydroxylation is 3. The predicted octanol–water partition coefficient (Wildman–Crippen LogP) is 7.81. The number of nitrogens with two attached hydrogens (primary N) is 1. The van der Waals surface area contributed by atoms with Crippen molar-refractivity contribution in [3.8, 4) is 5.75 Å². The van der Waals surface area contributed by atoms with E-state index in [1.807, 2.05) is 42.5 Å². The molecule has 0 bridgehead atoms. The molecule has 2 aromatic carbocycles. The number of primary amides is 1. The Labute approximate surface area is 306 Å². The van der Waals surface area contributed by atoms with Gasteiger partial charge in [-0.25, -0.2) is 9.59 Å². The molecular weight excluding hydrogens is 644 g/mol. The first-order valence-corrected chi connectivity index (χ1v) is 19.0. The molecule has 4 N–H and O–H groups in total. The van der Waals surface area contributed by atoms with Gasteiger partial charge in [0, 0.05) is 19.5 Å². The van der Waals surface area contributed by atoms with Gasteiger partial charge in [-0.05, 0) is 107 Å². The van der Waals surface area contributed by atoms with Crippen molar-refractivity contribution in [1.29, 1.82) is 0 Å². The first kappa shape index (κ1) is 43.1. The molecular formula is C41H64N4O6. The fraction of sp³-hybridized carbons (Fsp3) is 0.610. The number of carbonyl (C=O) groups excluding carboxylic acids is 4. The van der Waals surface area contributed by atoms with E-state index in [0.29, 0.717) is 38.0 Å². The van der Waals surface area contributed by atoms with Gasteiger partial charge < -0.3 is 30.7 Å². The van der Waals surface area contributed by atoms with Gasteiger partial charge in [0.15, 0.2) is 0 Å². The number of ether oxygens (including phenoxy) is 2. The molecule has 2 aromatic rings. The van der Waals surface area contributed by atoms with Crippen LogP contribution in [0, 0.1) is 0 Å².